The van der Waals surface area contributed by atoms with Gasteiger partial charge in [0.2, 0.25) is 0 Å². The Morgan fingerprint density at radius 3 is 1.22 bits per heavy atom. The second-order valence-corrected chi connectivity index (χ2v) is 2.15. The summed E-state index contributed by atoms with van der Waals surface area (Å²) in [5.74, 6) is 0. The van der Waals surface area contributed by atoms with E-state index in [4.69, 9.17) is 0 Å². The molecule has 0 aliphatic rings. The minimum atomic E-state index is 0. The van der Waals surface area contributed by atoms with Gasteiger partial charge in [0.1, 0.15) is 0 Å². The molecule has 0 unspecified atom stereocenters. The third kappa shape index (κ3) is 2.36. The Hall–Kier alpha value is -0.715. The number of benzene rings is 1. The Labute approximate surface area is 58.5 Å². The van der Waals surface area contributed by atoms with E-state index in [1.165, 1.54) is 11.1 Å². The fourth-order valence-corrected chi connectivity index (χ4v) is 0.637. The predicted octanol–water partition coefficient (Wildman–Crippen LogP) is 1.92. The summed E-state index contributed by atoms with van der Waals surface area (Å²) in [5, 5.41) is 0. The summed E-state index contributed by atoms with van der Waals surface area (Å²) in [4.78, 5) is 0. The van der Waals surface area contributed by atoms with Crippen LogP contribution in [0.15, 0.2) is 24.3 Å². The lowest BCUT2D eigenvalue weighted by Crippen LogP contribution is -1.70. The summed E-state index contributed by atoms with van der Waals surface area (Å²) in [6.07, 6.45) is 0. The van der Waals surface area contributed by atoms with Crippen LogP contribution in [0, 0.1) is 13.8 Å². The van der Waals surface area contributed by atoms with Gasteiger partial charge < -0.3 is 0 Å². The Kier molecular flexibility index (Phi) is 3.07. The summed E-state index contributed by atoms with van der Waals surface area (Å²) >= 11 is 0. The van der Waals surface area contributed by atoms with Gasteiger partial charge in [-0.2, -0.15) is 0 Å². The molecule has 0 heterocycles. The molecule has 45 valence electrons. The lowest BCUT2D eigenvalue weighted by atomic mass is 10.2. The molecule has 3 radical (unpaired) electrons. The van der Waals surface area contributed by atoms with E-state index in [9.17, 15) is 0 Å². The van der Waals surface area contributed by atoms with Crippen LogP contribution in [-0.4, -0.2) is 8.41 Å². The van der Waals surface area contributed by atoms with E-state index in [0.29, 0.717) is 0 Å². The molecule has 0 atom stereocenters. The molecule has 0 N–H and O–H groups in total. The van der Waals surface area contributed by atoms with E-state index in [-0.39, 0.29) is 8.41 Å². The van der Waals surface area contributed by atoms with Gasteiger partial charge in [0.25, 0.3) is 0 Å². The molecule has 0 nitrogen and oxygen atoms in total. The van der Waals surface area contributed by atoms with Crippen molar-refractivity contribution in [2.24, 2.45) is 0 Å². The number of hydrogen-bond donors (Lipinski definition) is 0. The van der Waals surface area contributed by atoms with E-state index >= 15 is 0 Å². The Morgan fingerprint density at radius 2 is 1.00 bits per heavy atom. The highest BCUT2D eigenvalue weighted by Gasteiger charge is 1.79. The lowest BCUT2D eigenvalue weighted by Gasteiger charge is -1.90. The second kappa shape index (κ2) is 3.34. The van der Waals surface area contributed by atoms with Crippen LogP contribution in [0.5, 0.6) is 0 Å². The zero-order valence-corrected chi connectivity index (χ0v) is 5.89. The molecule has 0 aliphatic heterocycles. The first kappa shape index (κ1) is 8.28. The first-order valence-corrected chi connectivity index (χ1v) is 2.82. The summed E-state index contributed by atoms with van der Waals surface area (Å²) < 4.78 is 0. The van der Waals surface area contributed by atoms with Gasteiger partial charge in [-0.1, -0.05) is 35.4 Å². The lowest BCUT2D eigenvalue weighted by molar-refractivity contribution is 1.40. The molecule has 1 rings (SSSR count). The van der Waals surface area contributed by atoms with Gasteiger partial charge in [-0.05, 0) is 13.8 Å². The van der Waals surface area contributed by atoms with Crippen LogP contribution in [0.25, 0.3) is 0 Å². The van der Waals surface area contributed by atoms with Crippen molar-refractivity contribution in [3.63, 3.8) is 0 Å². The van der Waals surface area contributed by atoms with Crippen molar-refractivity contribution in [3.8, 4) is 0 Å². The molecular weight excluding hydrogens is 107 g/mol. The van der Waals surface area contributed by atoms with Crippen molar-refractivity contribution in [1.82, 2.24) is 0 Å². The summed E-state index contributed by atoms with van der Waals surface area (Å²) in [6, 6.07) is 8.48. The third-order valence-electron chi connectivity index (χ3n) is 1.22. The highest BCUT2D eigenvalue weighted by molar-refractivity contribution is 5.75. The Balaban J connectivity index is 0.000000640. The monoisotopic (exact) mass is 117 g/mol. The maximum Gasteiger partial charge on any atom is 0 e. The largest absolute Gasteiger partial charge is 0.0591 e. The van der Waals surface area contributed by atoms with Crippen molar-refractivity contribution < 1.29 is 0 Å². The molecule has 9 heavy (non-hydrogen) atoms. The van der Waals surface area contributed by atoms with Crippen LogP contribution in [-0.2, 0) is 0 Å². The van der Waals surface area contributed by atoms with Crippen molar-refractivity contribution >= 4 is 8.41 Å². The molecule has 0 aliphatic carbocycles. The van der Waals surface area contributed by atoms with Crippen LogP contribution in [0.1, 0.15) is 11.1 Å². The quantitative estimate of drug-likeness (QED) is 0.455. The van der Waals surface area contributed by atoms with Crippen LogP contribution in [0.3, 0.4) is 0 Å². The van der Waals surface area contributed by atoms with E-state index in [2.05, 4.69) is 38.1 Å². The Morgan fingerprint density at radius 1 is 0.778 bits per heavy atom. The molecule has 0 aromatic heterocycles. The SMILES string of the molecule is Cc1ccc(C)cc1.[B]. The average molecular weight is 117 g/mol. The van der Waals surface area contributed by atoms with Crippen LogP contribution < -0.4 is 0 Å². The van der Waals surface area contributed by atoms with Crippen molar-refractivity contribution in [3.05, 3.63) is 35.4 Å². The van der Waals surface area contributed by atoms with E-state index < -0.39 is 0 Å². The van der Waals surface area contributed by atoms with Gasteiger partial charge in [0, 0.05) is 8.41 Å². The van der Waals surface area contributed by atoms with Gasteiger partial charge in [0.05, 0.1) is 0 Å². The molecular formula is C8H10B. The smallest absolute Gasteiger partial charge is 0 e. The van der Waals surface area contributed by atoms with Gasteiger partial charge in [0.15, 0.2) is 0 Å². The maximum absolute atomic E-state index is 2.12. The summed E-state index contributed by atoms with van der Waals surface area (Å²) in [5.41, 5.74) is 2.66. The van der Waals surface area contributed by atoms with E-state index in [1.54, 1.807) is 0 Å². The minimum Gasteiger partial charge on any atom is -0.0591 e. The van der Waals surface area contributed by atoms with Crippen molar-refractivity contribution in [1.29, 1.82) is 0 Å². The molecule has 1 aromatic rings. The molecule has 0 saturated heterocycles. The molecule has 1 aromatic carbocycles. The number of aryl methyl sites for hydroxylation is 2. The summed E-state index contributed by atoms with van der Waals surface area (Å²) in [7, 11) is 0. The molecule has 0 spiro atoms. The van der Waals surface area contributed by atoms with Crippen LogP contribution in [0.4, 0.5) is 0 Å². The molecule has 0 fully saturated rings. The first-order chi connectivity index (χ1) is 3.79. The zero-order chi connectivity index (χ0) is 5.98. The van der Waals surface area contributed by atoms with E-state index in [0.717, 1.165) is 0 Å². The topological polar surface area (TPSA) is 0 Å². The fourth-order valence-electron chi connectivity index (χ4n) is 0.637. The molecule has 0 bridgehead atoms. The first-order valence-electron chi connectivity index (χ1n) is 2.82. The van der Waals surface area contributed by atoms with E-state index in [1.807, 2.05) is 0 Å². The summed E-state index contributed by atoms with van der Waals surface area (Å²) in [6.45, 7) is 4.19. The normalized spacial score (nSPS) is 8.22. The van der Waals surface area contributed by atoms with Gasteiger partial charge >= 0.3 is 0 Å². The molecule has 1 heteroatoms. The predicted molar refractivity (Wildman–Crippen MR) is 41.7 cm³/mol. The van der Waals surface area contributed by atoms with Crippen LogP contribution in [0.2, 0.25) is 0 Å². The van der Waals surface area contributed by atoms with Gasteiger partial charge in [-0.15, -0.1) is 0 Å². The number of rotatable bonds is 0. The van der Waals surface area contributed by atoms with Crippen molar-refractivity contribution in [2.45, 2.75) is 13.8 Å². The maximum atomic E-state index is 2.12. The van der Waals surface area contributed by atoms with Gasteiger partial charge in [-0.25, -0.2) is 0 Å². The number of hydrogen-bond acceptors (Lipinski definition) is 0. The Bertz CT molecular complexity index is 143. The molecule has 0 amide bonds. The van der Waals surface area contributed by atoms with Gasteiger partial charge in [-0.3, -0.25) is 0 Å². The third-order valence-corrected chi connectivity index (χ3v) is 1.22. The highest BCUT2D eigenvalue weighted by atomic mass is 13.9. The zero-order valence-electron chi connectivity index (χ0n) is 5.89. The van der Waals surface area contributed by atoms with Crippen LogP contribution >= 0.6 is 0 Å². The van der Waals surface area contributed by atoms with Crippen molar-refractivity contribution in [2.75, 3.05) is 0 Å². The standard InChI is InChI=1S/C8H10.B/c1-7-3-5-8(2)6-4-7;/h3-6H,1-2H3;. The highest BCUT2D eigenvalue weighted by Crippen LogP contribution is 1.99. The second-order valence-electron chi connectivity index (χ2n) is 2.15. The minimum absolute atomic E-state index is 0. The fraction of sp³-hybridized carbons (Fsp3) is 0.250. The molecule has 0 saturated carbocycles. The average Bonchev–Trinajstić information content (AvgIpc) is 1.77.